The molecule has 92 valence electrons. The van der Waals surface area contributed by atoms with E-state index in [9.17, 15) is 9.59 Å². The summed E-state index contributed by atoms with van der Waals surface area (Å²) in [5.41, 5.74) is -0.905. The molecule has 0 spiro atoms. The first kappa shape index (κ1) is 13.0. The van der Waals surface area contributed by atoms with Gasteiger partial charge in [-0.3, -0.25) is 4.79 Å². The van der Waals surface area contributed by atoms with Gasteiger partial charge in [-0.15, -0.1) is 0 Å². The van der Waals surface area contributed by atoms with Crippen molar-refractivity contribution in [3.63, 3.8) is 0 Å². The first-order valence-corrected chi connectivity index (χ1v) is 5.55. The van der Waals surface area contributed by atoms with Gasteiger partial charge in [0.05, 0.1) is 0 Å². The molecule has 5 heteroatoms. The number of carboxylic acids is 1. The average Bonchev–Trinajstić information content (AvgIpc) is 2.75. The Balaban J connectivity index is 2.84. The lowest BCUT2D eigenvalue weighted by Gasteiger charge is -2.32. The average molecular weight is 229 g/mol. The summed E-state index contributed by atoms with van der Waals surface area (Å²) in [6.07, 6.45) is 1.81. The number of rotatable bonds is 4. The van der Waals surface area contributed by atoms with Gasteiger partial charge < -0.3 is 14.7 Å². The Bertz CT molecular complexity index is 286. The largest absolute Gasteiger partial charge is 0.480 e. The molecule has 2 atom stereocenters. The molecule has 0 aliphatic carbocycles. The number of methoxy groups -OCH3 is 1. The van der Waals surface area contributed by atoms with Crippen molar-refractivity contribution < 1.29 is 19.4 Å². The van der Waals surface area contributed by atoms with Crippen molar-refractivity contribution >= 4 is 11.9 Å². The molecular formula is C11H19NO4. The normalized spacial score (nSPS) is 24.2. The third kappa shape index (κ3) is 2.19. The van der Waals surface area contributed by atoms with Crippen LogP contribution >= 0.6 is 0 Å². The van der Waals surface area contributed by atoms with E-state index in [0.717, 1.165) is 6.42 Å². The van der Waals surface area contributed by atoms with Crippen molar-refractivity contribution in [1.29, 1.82) is 0 Å². The second-order valence-corrected chi connectivity index (χ2v) is 4.28. The van der Waals surface area contributed by atoms with Crippen LogP contribution in [-0.4, -0.2) is 47.2 Å². The zero-order valence-electron chi connectivity index (χ0n) is 10.0. The van der Waals surface area contributed by atoms with Crippen LogP contribution in [0.3, 0.4) is 0 Å². The second-order valence-electron chi connectivity index (χ2n) is 4.28. The van der Waals surface area contributed by atoms with Gasteiger partial charge in [0.25, 0.3) is 5.91 Å². The van der Waals surface area contributed by atoms with E-state index < -0.39 is 17.6 Å². The van der Waals surface area contributed by atoms with Crippen LogP contribution in [0.25, 0.3) is 0 Å². The fraction of sp³-hybridized carbons (Fsp3) is 0.818. The van der Waals surface area contributed by atoms with Crippen LogP contribution in [0.4, 0.5) is 0 Å². The van der Waals surface area contributed by atoms with Crippen molar-refractivity contribution in [1.82, 2.24) is 4.90 Å². The summed E-state index contributed by atoms with van der Waals surface area (Å²) in [5.74, 6) is -1.15. The zero-order chi connectivity index (χ0) is 12.3. The summed E-state index contributed by atoms with van der Waals surface area (Å²) in [6, 6.07) is -0.687. The van der Waals surface area contributed by atoms with E-state index in [1.165, 1.54) is 12.0 Å². The lowest BCUT2D eigenvalue weighted by atomic mass is 10.0. The van der Waals surface area contributed by atoms with Gasteiger partial charge in [-0.1, -0.05) is 6.92 Å². The van der Waals surface area contributed by atoms with Gasteiger partial charge in [-0.2, -0.15) is 0 Å². The molecule has 1 N–H and O–H groups in total. The summed E-state index contributed by atoms with van der Waals surface area (Å²) in [4.78, 5) is 24.6. The number of hydrogen-bond donors (Lipinski definition) is 1. The molecule has 1 aliphatic heterocycles. The molecule has 0 aromatic carbocycles. The quantitative estimate of drug-likeness (QED) is 0.777. The Labute approximate surface area is 95.4 Å². The lowest BCUT2D eigenvalue weighted by Crippen LogP contribution is -2.51. The molecule has 1 heterocycles. The van der Waals surface area contributed by atoms with Gasteiger partial charge in [-0.25, -0.2) is 4.79 Å². The Hall–Kier alpha value is -1.10. The number of hydrogen-bond acceptors (Lipinski definition) is 3. The molecule has 1 aliphatic rings. The Morgan fingerprint density at radius 2 is 2.19 bits per heavy atom. The number of amides is 1. The molecule has 0 radical (unpaired) electrons. The number of aliphatic carboxylic acids is 1. The van der Waals surface area contributed by atoms with Crippen molar-refractivity contribution in [2.45, 2.75) is 44.8 Å². The number of likely N-dealkylation sites (tertiary alicyclic amines) is 1. The van der Waals surface area contributed by atoms with E-state index in [1.54, 1.807) is 6.92 Å². The monoisotopic (exact) mass is 229 g/mol. The molecule has 1 amide bonds. The van der Waals surface area contributed by atoms with Gasteiger partial charge in [-0.05, 0) is 26.2 Å². The van der Waals surface area contributed by atoms with Gasteiger partial charge in [0.2, 0.25) is 0 Å². The smallest absolute Gasteiger partial charge is 0.326 e. The molecule has 1 unspecified atom stereocenters. The third-order valence-corrected chi connectivity index (χ3v) is 3.38. The highest BCUT2D eigenvalue weighted by Gasteiger charge is 2.42. The van der Waals surface area contributed by atoms with Gasteiger partial charge in [0, 0.05) is 13.7 Å². The Morgan fingerprint density at radius 3 is 2.62 bits per heavy atom. The second kappa shape index (κ2) is 4.82. The molecule has 1 saturated heterocycles. The fourth-order valence-corrected chi connectivity index (χ4v) is 1.95. The van der Waals surface area contributed by atoms with Crippen LogP contribution in [0.1, 0.15) is 33.1 Å². The van der Waals surface area contributed by atoms with Crippen molar-refractivity contribution in [2.75, 3.05) is 13.7 Å². The van der Waals surface area contributed by atoms with Gasteiger partial charge in [0.1, 0.15) is 11.6 Å². The van der Waals surface area contributed by atoms with Crippen LogP contribution < -0.4 is 0 Å². The molecule has 1 fully saturated rings. The Kier molecular flexibility index (Phi) is 3.91. The number of carbonyl (C=O) groups is 2. The maximum absolute atomic E-state index is 12.2. The maximum atomic E-state index is 12.2. The Morgan fingerprint density at radius 1 is 1.56 bits per heavy atom. The predicted octanol–water partition coefficient (Wildman–Crippen LogP) is 0.877. The lowest BCUT2D eigenvalue weighted by molar-refractivity contribution is -0.160. The standard InChI is InChI=1S/C11H19NO4/c1-4-11(2,16-3)10(15)12-7-5-6-8(12)9(13)14/h8H,4-7H2,1-3H3,(H,13,14)/t8-,11?/m1/s1. The molecule has 1 rings (SSSR count). The molecule has 16 heavy (non-hydrogen) atoms. The highest BCUT2D eigenvalue weighted by Crippen LogP contribution is 2.25. The summed E-state index contributed by atoms with van der Waals surface area (Å²) in [7, 11) is 1.48. The van der Waals surface area contributed by atoms with E-state index in [1.807, 2.05) is 6.92 Å². The van der Waals surface area contributed by atoms with Crippen LogP contribution in [0.15, 0.2) is 0 Å². The molecule has 0 saturated carbocycles. The fourth-order valence-electron chi connectivity index (χ4n) is 1.95. The van der Waals surface area contributed by atoms with Crippen LogP contribution in [0.2, 0.25) is 0 Å². The van der Waals surface area contributed by atoms with Crippen molar-refractivity contribution in [3.8, 4) is 0 Å². The zero-order valence-corrected chi connectivity index (χ0v) is 10.0. The van der Waals surface area contributed by atoms with Gasteiger partial charge in [0.15, 0.2) is 0 Å². The summed E-state index contributed by atoms with van der Waals surface area (Å²) >= 11 is 0. The minimum absolute atomic E-state index is 0.220. The third-order valence-electron chi connectivity index (χ3n) is 3.38. The predicted molar refractivity (Wildman–Crippen MR) is 58.1 cm³/mol. The number of carbonyl (C=O) groups excluding carboxylic acids is 1. The van der Waals surface area contributed by atoms with Gasteiger partial charge >= 0.3 is 5.97 Å². The molecule has 0 aromatic heterocycles. The minimum atomic E-state index is -0.930. The van der Waals surface area contributed by atoms with E-state index in [0.29, 0.717) is 19.4 Å². The first-order valence-electron chi connectivity index (χ1n) is 5.55. The highest BCUT2D eigenvalue weighted by atomic mass is 16.5. The van der Waals surface area contributed by atoms with E-state index in [-0.39, 0.29) is 5.91 Å². The van der Waals surface area contributed by atoms with Crippen LogP contribution in [0, 0.1) is 0 Å². The summed E-state index contributed by atoms with van der Waals surface area (Å²) < 4.78 is 5.21. The molecule has 0 aromatic rings. The maximum Gasteiger partial charge on any atom is 0.326 e. The topological polar surface area (TPSA) is 66.8 Å². The van der Waals surface area contributed by atoms with Crippen molar-refractivity contribution in [2.24, 2.45) is 0 Å². The minimum Gasteiger partial charge on any atom is -0.480 e. The number of nitrogens with zero attached hydrogens (tertiary/aromatic N) is 1. The van der Waals surface area contributed by atoms with Crippen LogP contribution in [-0.2, 0) is 14.3 Å². The van der Waals surface area contributed by atoms with Crippen molar-refractivity contribution in [3.05, 3.63) is 0 Å². The number of carboxylic acid groups (broad SMARTS) is 1. The number of ether oxygens (including phenoxy) is 1. The molecular weight excluding hydrogens is 210 g/mol. The summed E-state index contributed by atoms with van der Waals surface area (Å²) in [5, 5.41) is 9.01. The first-order chi connectivity index (χ1) is 7.46. The van der Waals surface area contributed by atoms with E-state index in [4.69, 9.17) is 9.84 Å². The summed E-state index contributed by atoms with van der Waals surface area (Å²) in [6.45, 7) is 4.06. The molecule has 0 bridgehead atoms. The highest BCUT2D eigenvalue weighted by molar-refractivity contribution is 5.89. The van der Waals surface area contributed by atoms with E-state index >= 15 is 0 Å². The van der Waals surface area contributed by atoms with Crippen LogP contribution in [0.5, 0.6) is 0 Å². The molecule has 5 nitrogen and oxygen atoms in total. The van der Waals surface area contributed by atoms with E-state index in [2.05, 4.69) is 0 Å². The SMILES string of the molecule is CCC(C)(OC)C(=O)N1CCC[C@@H]1C(=O)O.